The summed E-state index contributed by atoms with van der Waals surface area (Å²) in [6, 6.07) is 0. The van der Waals surface area contributed by atoms with Crippen molar-refractivity contribution in [2.24, 2.45) is 0 Å². The Hall–Kier alpha value is -2.20. The Bertz CT molecular complexity index is 516. The number of hydrogen-bond acceptors (Lipinski definition) is 10. The molecule has 10 nitrogen and oxygen atoms in total. The van der Waals surface area contributed by atoms with Crippen LogP contribution in [0, 0.1) is 0 Å². The average molecular weight is 362 g/mol. The Morgan fingerprint density at radius 2 is 1.24 bits per heavy atom. The first kappa shape index (κ1) is 20.8. The number of rotatable bonds is 6. The summed E-state index contributed by atoms with van der Waals surface area (Å²) in [5, 5.41) is 0. The Kier molecular flexibility index (Phi) is 7.78. The second kappa shape index (κ2) is 9.33. The molecule has 0 amide bonds. The minimum atomic E-state index is -1.20. The van der Waals surface area contributed by atoms with Gasteiger partial charge in [-0.1, -0.05) is 0 Å². The van der Waals surface area contributed by atoms with E-state index in [2.05, 4.69) is 0 Å². The van der Waals surface area contributed by atoms with Crippen molar-refractivity contribution in [2.75, 3.05) is 13.7 Å². The fraction of sp³-hybridized carbons (Fsp3) is 0.733. The predicted molar refractivity (Wildman–Crippen MR) is 79.0 cm³/mol. The van der Waals surface area contributed by atoms with Crippen LogP contribution in [-0.2, 0) is 47.6 Å². The first-order valence-electron chi connectivity index (χ1n) is 7.49. The maximum Gasteiger partial charge on any atom is 0.303 e. The van der Waals surface area contributed by atoms with E-state index in [1.54, 1.807) is 0 Å². The third-order valence-corrected chi connectivity index (χ3v) is 3.18. The van der Waals surface area contributed by atoms with Gasteiger partial charge in [-0.15, -0.1) is 0 Å². The molecule has 0 bridgehead atoms. The Balaban J connectivity index is 3.18. The van der Waals surface area contributed by atoms with Crippen LogP contribution in [0.4, 0.5) is 0 Å². The van der Waals surface area contributed by atoms with Gasteiger partial charge in [-0.3, -0.25) is 19.2 Å². The lowest BCUT2D eigenvalue weighted by Crippen LogP contribution is -2.62. The highest BCUT2D eigenvalue weighted by atomic mass is 16.7. The van der Waals surface area contributed by atoms with E-state index in [9.17, 15) is 19.2 Å². The molecule has 0 N–H and O–H groups in total. The van der Waals surface area contributed by atoms with E-state index < -0.39 is 54.6 Å². The van der Waals surface area contributed by atoms with Gasteiger partial charge in [0.25, 0.3) is 0 Å². The van der Waals surface area contributed by atoms with Gasteiger partial charge in [0.15, 0.2) is 24.6 Å². The zero-order valence-corrected chi connectivity index (χ0v) is 14.7. The summed E-state index contributed by atoms with van der Waals surface area (Å²) in [5.74, 6) is -2.63. The molecule has 1 aliphatic heterocycles. The van der Waals surface area contributed by atoms with Gasteiger partial charge in [0.1, 0.15) is 12.7 Å². The summed E-state index contributed by atoms with van der Waals surface area (Å²) in [6.07, 6.45) is -5.67. The number of ether oxygens (including phenoxy) is 6. The first-order chi connectivity index (χ1) is 11.6. The molecule has 0 aromatic rings. The maximum absolute atomic E-state index is 11.5. The summed E-state index contributed by atoms with van der Waals surface area (Å²) in [7, 11) is 1.29. The Morgan fingerprint density at radius 3 is 1.68 bits per heavy atom. The highest BCUT2D eigenvalue weighted by Gasteiger charge is 2.52. The van der Waals surface area contributed by atoms with Crippen molar-refractivity contribution in [1.29, 1.82) is 0 Å². The molecule has 1 saturated heterocycles. The van der Waals surface area contributed by atoms with Gasteiger partial charge in [0.2, 0.25) is 0 Å². The molecule has 25 heavy (non-hydrogen) atoms. The van der Waals surface area contributed by atoms with E-state index in [4.69, 9.17) is 28.4 Å². The highest BCUT2D eigenvalue weighted by Crippen LogP contribution is 2.29. The minimum absolute atomic E-state index is 0.280. The van der Waals surface area contributed by atoms with Crippen LogP contribution in [0.25, 0.3) is 0 Å². The summed E-state index contributed by atoms with van der Waals surface area (Å²) in [4.78, 5) is 45.4. The fourth-order valence-electron chi connectivity index (χ4n) is 2.38. The summed E-state index contributed by atoms with van der Waals surface area (Å²) in [6.45, 7) is 4.37. The molecular formula is C15H22O10. The molecule has 1 aliphatic rings. The van der Waals surface area contributed by atoms with Crippen molar-refractivity contribution in [3.63, 3.8) is 0 Å². The van der Waals surface area contributed by atoms with Gasteiger partial charge in [-0.05, 0) is 0 Å². The lowest BCUT2D eigenvalue weighted by atomic mass is 9.98. The molecule has 1 heterocycles. The molecule has 142 valence electrons. The zero-order chi connectivity index (χ0) is 19.1. The molecule has 0 aromatic heterocycles. The molecule has 10 heteroatoms. The van der Waals surface area contributed by atoms with E-state index in [1.807, 2.05) is 0 Å². The van der Waals surface area contributed by atoms with Gasteiger partial charge in [-0.2, -0.15) is 0 Å². The van der Waals surface area contributed by atoms with Crippen LogP contribution in [0.3, 0.4) is 0 Å². The quantitative estimate of drug-likeness (QED) is 0.460. The van der Waals surface area contributed by atoms with Crippen molar-refractivity contribution in [2.45, 2.75) is 58.4 Å². The second-order valence-corrected chi connectivity index (χ2v) is 5.30. The van der Waals surface area contributed by atoms with Crippen LogP contribution in [0.1, 0.15) is 27.7 Å². The van der Waals surface area contributed by atoms with Gasteiger partial charge in [0, 0.05) is 34.8 Å². The molecule has 0 radical (unpaired) electrons. The molecule has 5 atom stereocenters. The van der Waals surface area contributed by atoms with Crippen LogP contribution < -0.4 is 0 Å². The molecule has 0 aromatic carbocycles. The molecule has 0 saturated carbocycles. The lowest BCUT2D eigenvalue weighted by molar-refractivity contribution is -0.302. The summed E-state index contributed by atoms with van der Waals surface area (Å²) < 4.78 is 31.1. The predicted octanol–water partition coefficient (Wildman–Crippen LogP) is -0.284. The largest absolute Gasteiger partial charge is 0.463 e. The minimum Gasteiger partial charge on any atom is -0.463 e. The molecular weight excluding hydrogens is 340 g/mol. The van der Waals surface area contributed by atoms with Crippen molar-refractivity contribution in [3.05, 3.63) is 0 Å². The fourth-order valence-corrected chi connectivity index (χ4v) is 2.38. The van der Waals surface area contributed by atoms with Crippen LogP contribution in [0.5, 0.6) is 0 Å². The molecule has 0 spiro atoms. The highest BCUT2D eigenvalue weighted by molar-refractivity contribution is 5.68. The van der Waals surface area contributed by atoms with Crippen LogP contribution in [0.2, 0.25) is 0 Å². The van der Waals surface area contributed by atoms with Gasteiger partial charge >= 0.3 is 23.9 Å². The van der Waals surface area contributed by atoms with Gasteiger partial charge < -0.3 is 28.4 Å². The lowest BCUT2D eigenvalue weighted by Gasteiger charge is -2.43. The van der Waals surface area contributed by atoms with Crippen molar-refractivity contribution in [3.8, 4) is 0 Å². The van der Waals surface area contributed by atoms with Crippen LogP contribution >= 0.6 is 0 Å². The van der Waals surface area contributed by atoms with E-state index in [-0.39, 0.29) is 6.61 Å². The molecule has 0 aliphatic carbocycles. The van der Waals surface area contributed by atoms with Crippen molar-refractivity contribution < 1.29 is 47.6 Å². The topological polar surface area (TPSA) is 124 Å². The van der Waals surface area contributed by atoms with E-state index in [1.165, 1.54) is 14.0 Å². The third-order valence-electron chi connectivity index (χ3n) is 3.18. The zero-order valence-electron chi connectivity index (χ0n) is 14.7. The van der Waals surface area contributed by atoms with E-state index in [0.29, 0.717) is 0 Å². The van der Waals surface area contributed by atoms with Gasteiger partial charge in [-0.25, -0.2) is 0 Å². The van der Waals surface area contributed by atoms with Gasteiger partial charge in [0.05, 0.1) is 0 Å². The number of carbonyl (C=O) groups is 4. The smallest absolute Gasteiger partial charge is 0.303 e. The Morgan fingerprint density at radius 1 is 0.760 bits per heavy atom. The monoisotopic (exact) mass is 362 g/mol. The SMILES string of the molecule is CO[C@@H]1O[C@H](COC(C)=O)[C@@H](OC(C)=O)[C@H](OC(C)=O)[C@H]1OC(C)=O. The summed E-state index contributed by atoms with van der Waals surface area (Å²) >= 11 is 0. The number of hydrogen-bond donors (Lipinski definition) is 0. The second-order valence-electron chi connectivity index (χ2n) is 5.30. The van der Waals surface area contributed by atoms with E-state index >= 15 is 0 Å². The van der Waals surface area contributed by atoms with Crippen LogP contribution in [-0.4, -0.2) is 68.3 Å². The normalized spacial score (nSPS) is 28.6. The molecule has 1 rings (SSSR count). The number of esters is 4. The third kappa shape index (κ3) is 6.31. The van der Waals surface area contributed by atoms with Crippen molar-refractivity contribution in [1.82, 2.24) is 0 Å². The standard InChI is InChI=1S/C15H22O10/c1-7(16)21-6-11-12(22-8(2)17)13(23-9(3)18)14(24-10(4)19)15(20-5)25-11/h11-15H,6H2,1-5H3/t11-,12-,13+,14-,15-/m1/s1. The number of carbonyl (C=O) groups excluding carboxylic acids is 4. The molecule has 1 fully saturated rings. The number of methoxy groups -OCH3 is 1. The van der Waals surface area contributed by atoms with Crippen molar-refractivity contribution >= 4 is 23.9 Å². The molecule has 0 unspecified atom stereocenters. The maximum atomic E-state index is 11.5. The van der Waals surface area contributed by atoms with Crippen LogP contribution in [0.15, 0.2) is 0 Å². The summed E-state index contributed by atoms with van der Waals surface area (Å²) in [5.41, 5.74) is 0. The van der Waals surface area contributed by atoms with E-state index in [0.717, 1.165) is 20.8 Å². The Labute approximate surface area is 144 Å². The first-order valence-corrected chi connectivity index (χ1v) is 7.49. The average Bonchev–Trinajstić information content (AvgIpc) is 2.48.